The summed E-state index contributed by atoms with van der Waals surface area (Å²) in [6.07, 6.45) is 2.20. The van der Waals surface area contributed by atoms with Crippen LogP contribution < -0.4 is 15.5 Å². The van der Waals surface area contributed by atoms with Crippen molar-refractivity contribution in [2.24, 2.45) is 5.41 Å². The van der Waals surface area contributed by atoms with Gasteiger partial charge in [-0.05, 0) is 57.9 Å². The molecule has 2 aliphatic heterocycles. The molecule has 2 fully saturated rings. The predicted molar refractivity (Wildman–Crippen MR) is 96.3 cm³/mol. The second kappa shape index (κ2) is 6.63. The molecule has 5 nitrogen and oxygen atoms in total. The van der Waals surface area contributed by atoms with Gasteiger partial charge in [-0.3, -0.25) is 0 Å². The van der Waals surface area contributed by atoms with Crippen LogP contribution >= 0.6 is 0 Å². The third kappa shape index (κ3) is 4.20. The Balaban J connectivity index is 1.52. The number of alkyl carbamates (subject to hydrolysis) is 1. The third-order valence-electron chi connectivity index (χ3n) is 4.91. The highest BCUT2D eigenvalue weighted by Gasteiger charge is 2.40. The molecule has 132 valence electrons. The molecule has 2 aliphatic rings. The fourth-order valence-electron chi connectivity index (χ4n) is 3.61. The topological polar surface area (TPSA) is 53.6 Å². The van der Waals surface area contributed by atoms with Gasteiger partial charge in [0, 0.05) is 37.3 Å². The van der Waals surface area contributed by atoms with E-state index < -0.39 is 5.60 Å². The number of rotatable bonds is 3. The quantitative estimate of drug-likeness (QED) is 0.894. The molecule has 1 spiro atoms. The van der Waals surface area contributed by atoms with Gasteiger partial charge in [0.1, 0.15) is 5.60 Å². The van der Waals surface area contributed by atoms with Gasteiger partial charge in [0.15, 0.2) is 0 Å². The maximum atomic E-state index is 11.7. The number of hydrogen-bond acceptors (Lipinski definition) is 4. The molecule has 0 bridgehead atoms. The molecule has 2 heterocycles. The summed E-state index contributed by atoms with van der Waals surface area (Å²) in [5, 5.41) is 6.30. The number of carbonyl (C=O) groups excluding carboxylic acids is 1. The molecule has 2 N–H and O–H groups in total. The Kier molecular flexibility index (Phi) is 4.72. The summed E-state index contributed by atoms with van der Waals surface area (Å²) < 4.78 is 5.25. The van der Waals surface area contributed by atoms with Gasteiger partial charge >= 0.3 is 6.09 Å². The van der Waals surface area contributed by atoms with Crippen molar-refractivity contribution in [3.8, 4) is 0 Å². The third-order valence-corrected chi connectivity index (χ3v) is 4.91. The van der Waals surface area contributed by atoms with E-state index in [1.165, 1.54) is 18.5 Å². The van der Waals surface area contributed by atoms with Crippen molar-refractivity contribution in [2.45, 2.75) is 45.8 Å². The summed E-state index contributed by atoms with van der Waals surface area (Å²) >= 11 is 0. The zero-order valence-corrected chi connectivity index (χ0v) is 15.0. The van der Waals surface area contributed by atoms with Gasteiger partial charge in [-0.1, -0.05) is 12.1 Å². The van der Waals surface area contributed by atoms with Crippen LogP contribution in [0.1, 0.15) is 39.2 Å². The smallest absolute Gasteiger partial charge is 0.407 e. The van der Waals surface area contributed by atoms with E-state index in [2.05, 4.69) is 39.8 Å². The lowest BCUT2D eigenvalue weighted by atomic mass is 9.86. The lowest BCUT2D eigenvalue weighted by molar-refractivity contribution is 0.0523. The van der Waals surface area contributed by atoms with E-state index in [1.807, 2.05) is 20.8 Å². The number of anilines is 1. The van der Waals surface area contributed by atoms with E-state index in [1.54, 1.807) is 0 Å². The Morgan fingerprint density at radius 2 is 2.04 bits per heavy atom. The van der Waals surface area contributed by atoms with Crippen molar-refractivity contribution in [3.63, 3.8) is 0 Å². The fourth-order valence-corrected chi connectivity index (χ4v) is 3.61. The molecule has 1 atom stereocenters. The Morgan fingerprint density at radius 1 is 1.29 bits per heavy atom. The van der Waals surface area contributed by atoms with Crippen LogP contribution in [-0.2, 0) is 11.3 Å². The second-order valence-electron chi connectivity index (χ2n) is 8.12. The number of ether oxygens (including phenoxy) is 1. The van der Waals surface area contributed by atoms with Crippen LogP contribution in [0.5, 0.6) is 0 Å². The Hall–Kier alpha value is -1.75. The van der Waals surface area contributed by atoms with Gasteiger partial charge in [0.25, 0.3) is 0 Å². The first kappa shape index (κ1) is 17.1. The maximum absolute atomic E-state index is 11.7. The van der Waals surface area contributed by atoms with E-state index in [0.717, 1.165) is 31.7 Å². The minimum atomic E-state index is -0.464. The Bertz CT molecular complexity index is 571. The minimum absolute atomic E-state index is 0.373. The number of amides is 1. The molecule has 24 heavy (non-hydrogen) atoms. The minimum Gasteiger partial charge on any atom is -0.444 e. The lowest BCUT2D eigenvalue weighted by Gasteiger charge is -2.24. The summed E-state index contributed by atoms with van der Waals surface area (Å²) in [4.78, 5) is 14.2. The Morgan fingerprint density at radius 3 is 2.67 bits per heavy atom. The van der Waals surface area contributed by atoms with Gasteiger partial charge in [-0.25, -0.2) is 4.79 Å². The number of hydrogen-bond donors (Lipinski definition) is 2. The largest absolute Gasteiger partial charge is 0.444 e. The van der Waals surface area contributed by atoms with Gasteiger partial charge < -0.3 is 20.3 Å². The summed E-state index contributed by atoms with van der Waals surface area (Å²) in [6, 6.07) is 8.50. The molecule has 5 heteroatoms. The van der Waals surface area contributed by atoms with Gasteiger partial charge in [-0.2, -0.15) is 0 Å². The normalized spacial score (nSPS) is 23.7. The molecular weight excluding hydrogens is 302 g/mol. The van der Waals surface area contributed by atoms with E-state index in [-0.39, 0.29) is 6.09 Å². The van der Waals surface area contributed by atoms with E-state index in [9.17, 15) is 4.79 Å². The van der Waals surface area contributed by atoms with Crippen LogP contribution in [0.3, 0.4) is 0 Å². The second-order valence-corrected chi connectivity index (χ2v) is 8.12. The van der Waals surface area contributed by atoms with Crippen LogP contribution in [-0.4, -0.2) is 37.9 Å². The molecular formula is C19H29N3O2. The van der Waals surface area contributed by atoms with Crippen molar-refractivity contribution in [2.75, 3.05) is 31.1 Å². The highest BCUT2D eigenvalue weighted by Crippen LogP contribution is 2.38. The van der Waals surface area contributed by atoms with Crippen LogP contribution in [0.4, 0.5) is 10.5 Å². The summed E-state index contributed by atoms with van der Waals surface area (Å²) in [5.74, 6) is 0. The molecule has 1 unspecified atom stereocenters. The first-order valence-corrected chi connectivity index (χ1v) is 8.87. The zero-order valence-electron chi connectivity index (χ0n) is 15.0. The van der Waals surface area contributed by atoms with Gasteiger partial charge in [-0.15, -0.1) is 0 Å². The van der Waals surface area contributed by atoms with E-state index >= 15 is 0 Å². The number of carbonyl (C=O) groups is 1. The van der Waals surface area contributed by atoms with Crippen molar-refractivity contribution in [3.05, 3.63) is 29.8 Å². The molecule has 2 saturated heterocycles. The highest BCUT2D eigenvalue weighted by atomic mass is 16.6. The van der Waals surface area contributed by atoms with Crippen molar-refractivity contribution in [1.82, 2.24) is 10.6 Å². The number of nitrogens with one attached hydrogen (secondary N) is 2. The summed E-state index contributed by atoms with van der Waals surface area (Å²) in [7, 11) is 0. The first-order valence-electron chi connectivity index (χ1n) is 8.87. The average Bonchev–Trinajstić information content (AvgIpc) is 3.15. The molecule has 0 aliphatic carbocycles. The standard InChI is InChI=1S/C19H29N3O2/c1-18(2,3)24-17(23)21-12-15-4-6-16(7-5-15)22-11-9-19(14-22)8-10-20-13-19/h4-7,20H,8-14H2,1-3H3,(H,21,23). The summed E-state index contributed by atoms with van der Waals surface area (Å²) in [5.41, 5.74) is 2.38. The highest BCUT2D eigenvalue weighted by molar-refractivity contribution is 5.67. The average molecular weight is 331 g/mol. The van der Waals surface area contributed by atoms with Crippen molar-refractivity contribution >= 4 is 11.8 Å². The van der Waals surface area contributed by atoms with Crippen LogP contribution in [0.25, 0.3) is 0 Å². The van der Waals surface area contributed by atoms with Crippen LogP contribution in [0, 0.1) is 5.41 Å². The molecule has 3 rings (SSSR count). The zero-order chi connectivity index (χ0) is 17.2. The van der Waals surface area contributed by atoms with Crippen molar-refractivity contribution in [1.29, 1.82) is 0 Å². The van der Waals surface area contributed by atoms with E-state index in [4.69, 9.17) is 4.74 Å². The molecule has 1 aromatic rings. The molecule has 0 radical (unpaired) electrons. The van der Waals surface area contributed by atoms with Crippen molar-refractivity contribution < 1.29 is 9.53 Å². The molecule has 0 aromatic heterocycles. The summed E-state index contributed by atoms with van der Waals surface area (Å²) in [6.45, 7) is 10.7. The maximum Gasteiger partial charge on any atom is 0.407 e. The monoisotopic (exact) mass is 331 g/mol. The van der Waals surface area contributed by atoms with Crippen LogP contribution in [0.15, 0.2) is 24.3 Å². The molecule has 1 aromatic carbocycles. The Labute approximate surface area is 144 Å². The fraction of sp³-hybridized carbons (Fsp3) is 0.632. The number of nitrogens with zero attached hydrogens (tertiary/aromatic N) is 1. The lowest BCUT2D eigenvalue weighted by Crippen LogP contribution is -2.32. The van der Waals surface area contributed by atoms with Gasteiger partial charge in [0.05, 0.1) is 0 Å². The van der Waals surface area contributed by atoms with E-state index in [0.29, 0.717) is 12.0 Å². The first-order chi connectivity index (χ1) is 11.4. The number of benzene rings is 1. The molecule has 0 saturated carbocycles. The van der Waals surface area contributed by atoms with Crippen LogP contribution in [0.2, 0.25) is 0 Å². The molecule has 1 amide bonds. The predicted octanol–water partition coefficient (Wildman–Crippen LogP) is 2.90. The van der Waals surface area contributed by atoms with Gasteiger partial charge in [0.2, 0.25) is 0 Å². The SMILES string of the molecule is CC(C)(C)OC(=O)NCc1ccc(N2CCC3(CCNC3)C2)cc1.